The number of aliphatic hydroxyl groups is 1. The summed E-state index contributed by atoms with van der Waals surface area (Å²) in [6, 6.07) is 6.09. The van der Waals surface area contributed by atoms with Crippen LogP contribution in [0.2, 0.25) is 0 Å². The fourth-order valence-corrected chi connectivity index (χ4v) is 17.6. The molecule has 10 aliphatic carbocycles. The number of aliphatic hydroxyl groups excluding tert-OH is 1. The van der Waals surface area contributed by atoms with Crippen molar-refractivity contribution in [3.8, 4) is 0 Å². The lowest BCUT2D eigenvalue weighted by Gasteiger charge is -2.25. The van der Waals surface area contributed by atoms with Crippen molar-refractivity contribution < 1.29 is 75.4 Å². The maximum absolute atomic E-state index is 14.4. The average Bonchev–Trinajstić information content (AvgIpc) is 4.37. The number of fused-ring (bicyclic) bond motifs is 6. The van der Waals surface area contributed by atoms with Gasteiger partial charge in [0, 0.05) is 52.8 Å². The lowest BCUT2D eigenvalue weighted by Crippen LogP contribution is -2.34. The van der Waals surface area contributed by atoms with Crippen molar-refractivity contribution in [2.75, 3.05) is 7.11 Å². The summed E-state index contributed by atoms with van der Waals surface area (Å²) in [6.45, 7) is 0. The van der Waals surface area contributed by atoms with E-state index in [0.717, 1.165) is 107 Å². The van der Waals surface area contributed by atoms with E-state index >= 15 is 0 Å². The van der Waals surface area contributed by atoms with Crippen LogP contribution in [0.5, 0.6) is 0 Å². The Labute approximate surface area is 485 Å². The lowest BCUT2D eigenvalue weighted by molar-refractivity contribution is -0.153. The van der Waals surface area contributed by atoms with Gasteiger partial charge in [-0.25, -0.2) is 0 Å². The van der Waals surface area contributed by atoms with Crippen LogP contribution in [-0.2, 0) is 66.9 Å². The molecule has 1 aromatic carbocycles. The highest BCUT2D eigenvalue weighted by Crippen LogP contribution is 2.61. The second kappa shape index (κ2) is 25.4. The van der Waals surface area contributed by atoms with E-state index < -0.39 is 80.6 Å². The number of hydrogen-bond donors (Lipinski definition) is 2. The van der Waals surface area contributed by atoms with Gasteiger partial charge in [0.05, 0.1) is 47.9 Å². The zero-order chi connectivity index (χ0) is 57.4. The highest BCUT2D eigenvalue weighted by atomic mass is 79.9. The van der Waals surface area contributed by atoms with Gasteiger partial charge in [0.1, 0.15) is 35.3 Å². The van der Waals surface area contributed by atoms with Gasteiger partial charge >= 0.3 is 23.9 Å². The molecular formula is C63H85BrO16S. The van der Waals surface area contributed by atoms with Crippen molar-refractivity contribution in [1.82, 2.24) is 0 Å². The number of carbonyl (C=O) groups is 8. The van der Waals surface area contributed by atoms with Crippen LogP contribution in [0.25, 0.3) is 0 Å². The summed E-state index contributed by atoms with van der Waals surface area (Å²) in [5.41, 5.74) is -1.89. The first-order chi connectivity index (χ1) is 38.7. The Morgan fingerprint density at radius 2 is 0.975 bits per heavy atom. The number of esters is 3. The standard InChI is InChI=1S/C35H45BrO9S.C28H40O7/c1-43-34(40)35-19-24(35)8-6-4-2-3-5-7-21(16-32(38)44-26-14-22-13-23(22)15-26)33(39)30-18-27(17-29(30)31(37)20-35)45-46(41,42)28-11-9-25(36)10-12-28;29-20-12-22-23(13-20)26(32)16(11-25(31)35-21-9-17-8-18(17)10-21)6-4-2-1-3-5-7-19-14-28(19,27(33)34)15-24(22)30/h9-12,21-24,26-27,29-30H,2-8,13-20H2,1H3;16-23,29H,1-15H2,(H,33,34)/t21-,22-,23+,24-,26?,27?,29-,30?,35-;16-,17-,18+,19-,20-,21?,22-,23?,28-/m11/s1. The van der Waals surface area contributed by atoms with Crippen LogP contribution in [0.1, 0.15) is 193 Å². The quantitative estimate of drug-likeness (QED) is 0.119. The number of ether oxygens (including phenoxy) is 3. The number of hydrogen-bond acceptors (Lipinski definition) is 15. The molecule has 0 spiro atoms. The summed E-state index contributed by atoms with van der Waals surface area (Å²) in [6.07, 6.45) is 18.1. The lowest BCUT2D eigenvalue weighted by atomic mass is 9.78. The Morgan fingerprint density at radius 1 is 0.556 bits per heavy atom. The Morgan fingerprint density at radius 3 is 1.48 bits per heavy atom. The second-order valence-electron chi connectivity index (χ2n) is 26.8. The summed E-state index contributed by atoms with van der Waals surface area (Å²) < 4.78 is 49.6. The number of rotatable bonds is 11. The Hall–Kier alpha value is -3.87. The summed E-state index contributed by atoms with van der Waals surface area (Å²) in [5, 5.41) is 20.3. The van der Waals surface area contributed by atoms with Crippen molar-refractivity contribution >= 4 is 73.1 Å². The fraction of sp³-hybridized carbons (Fsp3) is 0.778. The number of benzene rings is 1. The zero-order valence-corrected chi connectivity index (χ0v) is 49.6. The van der Waals surface area contributed by atoms with Crippen LogP contribution in [0.15, 0.2) is 33.6 Å². The SMILES string of the molecule is COC(=O)[C@]12CC(=O)[C@@H]3CC(OS(=O)(=O)c4ccc(Br)cc4)CC3C(=O)[C@@H](CC(=O)OC3C[C@@H]4C[C@@H]4C3)CCCCCCC[C@@H]1C2.O=C(C[C@H]1CCCCCCC[C@@H]2C[C@@]2(C(=O)O)CC(=O)[C@@H]2C[C@@H](O)CC2C1=O)OC1C[C@@H]2C[C@@H]2C1. The van der Waals surface area contributed by atoms with E-state index in [0.29, 0.717) is 49.4 Å². The molecule has 10 saturated carbocycles. The van der Waals surface area contributed by atoms with E-state index in [1.807, 2.05) is 0 Å². The number of carboxylic acids is 1. The number of carbonyl (C=O) groups excluding carboxylic acids is 7. The first-order valence-corrected chi connectivity index (χ1v) is 33.2. The molecule has 18 heteroatoms. The third kappa shape index (κ3) is 14.3. The number of halogens is 1. The Kier molecular flexibility index (Phi) is 18.9. The summed E-state index contributed by atoms with van der Waals surface area (Å²) in [5.74, 6) is -3.98. The van der Waals surface area contributed by atoms with Gasteiger partial charge in [-0.1, -0.05) is 80.1 Å². The molecule has 0 aromatic heterocycles. The molecule has 18 atom stereocenters. The predicted molar refractivity (Wildman–Crippen MR) is 297 cm³/mol. The van der Waals surface area contributed by atoms with E-state index in [-0.39, 0.29) is 115 Å². The van der Waals surface area contributed by atoms with Crippen molar-refractivity contribution in [1.29, 1.82) is 0 Å². The average molecular weight is 1210 g/mol. The van der Waals surface area contributed by atoms with Crippen molar-refractivity contribution in [2.24, 2.45) is 81.8 Å². The van der Waals surface area contributed by atoms with Crippen LogP contribution in [0.4, 0.5) is 0 Å². The van der Waals surface area contributed by atoms with Crippen LogP contribution in [0.3, 0.4) is 0 Å². The molecule has 0 saturated heterocycles. The first kappa shape index (κ1) is 60.3. The van der Waals surface area contributed by atoms with Gasteiger partial charge in [-0.15, -0.1) is 0 Å². The van der Waals surface area contributed by atoms with Gasteiger partial charge in [-0.05, 0) is 163 Å². The number of aliphatic carboxylic acids is 1. The molecule has 10 fully saturated rings. The largest absolute Gasteiger partial charge is 0.481 e. The molecule has 2 N–H and O–H groups in total. The van der Waals surface area contributed by atoms with E-state index in [1.165, 1.54) is 32.1 Å². The maximum atomic E-state index is 14.4. The van der Waals surface area contributed by atoms with Crippen LogP contribution < -0.4 is 0 Å². The molecule has 0 aliphatic heterocycles. The Balaban J connectivity index is 0.000000189. The highest BCUT2D eigenvalue weighted by molar-refractivity contribution is 9.10. The molecule has 446 valence electrons. The van der Waals surface area contributed by atoms with E-state index in [4.69, 9.17) is 18.4 Å². The molecule has 16 nitrogen and oxygen atoms in total. The molecule has 10 aliphatic rings. The van der Waals surface area contributed by atoms with E-state index in [9.17, 15) is 57.0 Å². The number of carboxylic acid groups (broad SMARTS) is 1. The van der Waals surface area contributed by atoms with E-state index in [2.05, 4.69) is 15.9 Å². The molecule has 1 aromatic rings. The minimum absolute atomic E-state index is 0.0153. The minimum Gasteiger partial charge on any atom is -0.481 e. The van der Waals surface area contributed by atoms with Crippen LogP contribution in [0, 0.1) is 81.8 Å². The maximum Gasteiger partial charge on any atom is 0.312 e. The molecule has 0 radical (unpaired) electrons. The van der Waals surface area contributed by atoms with Gasteiger partial charge in [0.15, 0.2) is 0 Å². The van der Waals surface area contributed by atoms with Crippen molar-refractivity contribution in [3.05, 3.63) is 28.7 Å². The van der Waals surface area contributed by atoms with Crippen molar-refractivity contribution in [2.45, 2.75) is 222 Å². The smallest absolute Gasteiger partial charge is 0.312 e. The van der Waals surface area contributed by atoms with Crippen LogP contribution in [-0.4, -0.2) is 97.2 Å². The normalized spacial score (nSPS) is 39.6. The molecule has 81 heavy (non-hydrogen) atoms. The molecule has 0 bridgehead atoms. The zero-order valence-electron chi connectivity index (χ0n) is 47.2. The predicted octanol–water partition coefficient (Wildman–Crippen LogP) is 10.4. The number of ketones is 4. The summed E-state index contributed by atoms with van der Waals surface area (Å²) in [4.78, 5) is 107. The third-order valence-electron chi connectivity index (χ3n) is 21.3. The monoisotopic (exact) mass is 1210 g/mol. The van der Waals surface area contributed by atoms with Gasteiger partial charge < -0.3 is 24.4 Å². The van der Waals surface area contributed by atoms with E-state index in [1.54, 1.807) is 12.1 Å². The molecule has 5 unspecified atom stereocenters. The number of methoxy groups -OCH3 is 1. The topological polar surface area (TPSA) is 248 Å². The summed E-state index contributed by atoms with van der Waals surface area (Å²) >= 11 is 3.31. The third-order valence-corrected chi connectivity index (χ3v) is 23.2. The molecule has 0 amide bonds. The van der Waals surface area contributed by atoms with Gasteiger partial charge in [-0.3, -0.25) is 42.5 Å². The minimum atomic E-state index is -4.17. The Bertz CT molecular complexity index is 2640. The van der Waals surface area contributed by atoms with Crippen molar-refractivity contribution in [3.63, 3.8) is 0 Å². The second-order valence-corrected chi connectivity index (χ2v) is 29.3. The van der Waals surface area contributed by atoms with Crippen LogP contribution >= 0.6 is 15.9 Å². The molecular weight excluding hydrogens is 1120 g/mol. The van der Waals surface area contributed by atoms with Gasteiger partial charge in [0.2, 0.25) is 0 Å². The molecule has 11 rings (SSSR count). The summed E-state index contributed by atoms with van der Waals surface area (Å²) in [7, 11) is -2.83. The highest BCUT2D eigenvalue weighted by Gasteiger charge is 2.63. The fourth-order valence-electron chi connectivity index (χ4n) is 16.3. The molecule has 0 heterocycles. The van der Waals surface area contributed by atoms with Gasteiger partial charge in [0.25, 0.3) is 10.1 Å². The number of Topliss-reactive ketones (excluding diaryl/α,β-unsaturated/α-hetero) is 4. The first-order valence-electron chi connectivity index (χ1n) is 31.0. The van der Waals surface area contributed by atoms with Gasteiger partial charge in [-0.2, -0.15) is 8.42 Å².